The van der Waals surface area contributed by atoms with E-state index in [0.29, 0.717) is 16.9 Å². The van der Waals surface area contributed by atoms with Crippen molar-refractivity contribution in [2.45, 2.75) is 0 Å². The second-order valence-corrected chi connectivity index (χ2v) is 4.02. The Morgan fingerprint density at radius 3 is 2.83 bits per heavy atom. The first-order valence-corrected chi connectivity index (χ1v) is 5.41. The molecule has 6 heteroatoms. The monoisotopic (exact) mass is 264 g/mol. The molecule has 92 valence electrons. The molecule has 0 aliphatic rings. The molecule has 0 spiro atoms. The van der Waals surface area contributed by atoms with Gasteiger partial charge in [-0.3, -0.25) is 9.59 Å². The molecule has 0 aliphatic heterocycles. The first kappa shape index (κ1) is 12.2. The lowest BCUT2D eigenvalue weighted by Gasteiger charge is -2.06. The number of aldehydes is 1. The Hall–Kier alpha value is -2.27. The van der Waals surface area contributed by atoms with Gasteiger partial charge in [0.15, 0.2) is 6.29 Å². The lowest BCUT2D eigenvalue weighted by atomic mass is 10.2. The number of benzene rings is 1. The molecule has 1 amide bonds. The van der Waals surface area contributed by atoms with Crippen LogP contribution in [0.5, 0.6) is 5.75 Å². The number of phenolic OH excluding ortho intramolecular Hbond substituents is 1. The minimum Gasteiger partial charge on any atom is -0.506 e. The number of aromatic nitrogens is 1. The van der Waals surface area contributed by atoms with Crippen LogP contribution in [0.1, 0.15) is 20.8 Å². The zero-order chi connectivity index (χ0) is 13.1. The van der Waals surface area contributed by atoms with Crippen molar-refractivity contribution in [2.24, 2.45) is 0 Å². The van der Waals surface area contributed by atoms with E-state index in [-0.39, 0.29) is 17.1 Å². The maximum absolute atomic E-state index is 11.8. The highest BCUT2D eigenvalue weighted by Crippen LogP contribution is 2.26. The van der Waals surface area contributed by atoms with E-state index in [1.54, 1.807) is 0 Å². The van der Waals surface area contributed by atoms with Gasteiger partial charge in [0.1, 0.15) is 11.4 Å². The molecule has 0 saturated heterocycles. The van der Waals surface area contributed by atoms with E-state index >= 15 is 0 Å². The highest BCUT2D eigenvalue weighted by molar-refractivity contribution is 6.31. The average Bonchev–Trinajstić information content (AvgIpc) is 2.82. The van der Waals surface area contributed by atoms with Gasteiger partial charge in [-0.15, -0.1) is 0 Å². The molecule has 5 nitrogen and oxygen atoms in total. The number of carbonyl (C=O) groups excluding carboxylic acids is 2. The SMILES string of the molecule is O=Cc1c[nH]c(C(=O)Nc2cc(Cl)ccc2O)c1. The van der Waals surface area contributed by atoms with Gasteiger partial charge < -0.3 is 15.4 Å². The lowest BCUT2D eigenvalue weighted by molar-refractivity contribution is 0.102. The van der Waals surface area contributed by atoms with Crippen molar-refractivity contribution in [2.75, 3.05) is 5.32 Å². The number of hydrogen-bond acceptors (Lipinski definition) is 3. The van der Waals surface area contributed by atoms with Crippen molar-refractivity contribution in [3.05, 3.63) is 46.7 Å². The molecule has 2 aromatic rings. The number of carbonyl (C=O) groups is 2. The van der Waals surface area contributed by atoms with Gasteiger partial charge in [-0.25, -0.2) is 0 Å². The molecule has 0 atom stereocenters. The predicted octanol–water partition coefficient (Wildman–Crippen LogP) is 2.44. The van der Waals surface area contributed by atoms with Gasteiger partial charge >= 0.3 is 0 Å². The molecule has 1 aromatic carbocycles. The van der Waals surface area contributed by atoms with E-state index in [0.717, 1.165) is 0 Å². The fraction of sp³-hybridized carbons (Fsp3) is 0. The fourth-order valence-electron chi connectivity index (χ4n) is 1.41. The summed E-state index contributed by atoms with van der Waals surface area (Å²) in [5, 5.41) is 12.4. The molecular weight excluding hydrogens is 256 g/mol. The van der Waals surface area contributed by atoms with Crippen LogP contribution in [-0.2, 0) is 0 Å². The highest BCUT2D eigenvalue weighted by Gasteiger charge is 2.11. The van der Waals surface area contributed by atoms with E-state index in [1.807, 2.05) is 0 Å². The number of nitrogens with one attached hydrogen (secondary N) is 2. The first-order chi connectivity index (χ1) is 8.60. The molecule has 0 saturated carbocycles. The van der Waals surface area contributed by atoms with Crippen molar-refractivity contribution in [3.8, 4) is 5.75 Å². The number of rotatable bonds is 3. The Balaban J connectivity index is 2.20. The van der Waals surface area contributed by atoms with Gasteiger partial charge in [-0.1, -0.05) is 11.6 Å². The summed E-state index contributed by atoms with van der Waals surface area (Å²) in [6, 6.07) is 5.72. The van der Waals surface area contributed by atoms with Crippen LogP contribution >= 0.6 is 11.6 Å². The van der Waals surface area contributed by atoms with E-state index in [9.17, 15) is 14.7 Å². The van der Waals surface area contributed by atoms with Gasteiger partial charge in [0.05, 0.1) is 5.69 Å². The quantitative estimate of drug-likeness (QED) is 0.588. The maximum atomic E-state index is 11.8. The molecule has 1 aromatic heterocycles. The van der Waals surface area contributed by atoms with Crippen LogP contribution in [0.25, 0.3) is 0 Å². The van der Waals surface area contributed by atoms with Crippen molar-refractivity contribution in [3.63, 3.8) is 0 Å². The summed E-state index contributed by atoms with van der Waals surface area (Å²) in [4.78, 5) is 24.9. The van der Waals surface area contributed by atoms with Crippen molar-refractivity contribution >= 4 is 29.5 Å². The van der Waals surface area contributed by atoms with Crippen LogP contribution in [0.3, 0.4) is 0 Å². The van der Waals surface area contributed by atoms with Crippen LogP contribution in [0, 0.1) is 0 Å². The molecule has 0 fully saturated rings. The summed E-state index contributed by atoms with van der Waals surface area (Å²) < 4.78 is 0. The standard InChI is InChI=1S/C12H9ClN2O3/c13-8-1-2-11(17)9(4-8)15-12(18)10-3-7(6-16)5-14-10/h1-6,14,17H,(H,15,18). The summed E-state index contributed by atoms with van der Waals surface area (Å²) in [6.07, 6.45) is 2.05. The summed E-state index contributed by atoms with van der Waals surface area (Å²) in [5.74, 6) is -0.560. The van der Waals surface area contributed by atoms with Crippen LogP contribution < -0.4 is 5.32 Å². The molecule has 0 unspecified atom stereocenters. The van der Waals surface area contributed by atoms with Crippen molar-refractivity contribution in [1.82, 2.24) is 4.98 Å². The number of hydrogen-bond donors (Lipinski definition) is 3. The number of amides is 1. The maximum Gasteiger partial charge on any atom is 0.272 e. The molecule has 3 N–H and O–H groups in total. The van der Waals surface area contributed by atoms with Crippen LogP contribution in [0.4, 0.5) is 5.69 Å². The minimum absolute atomic E-state index is 0.0880. The van der Waals surface area contributed by atoms with Crippen LogP contribution in [0.15, 0.2) is 30.5 Å². The normalized spacial score (nSPS) is 10.1. The Morgan fingerprint density at radius 2 is 2.17 bits per heavy atom. The third-order valence-corrected chi connectivity index (χ3v) is 2.53. The zero-order valence-corrected chi connectivity index (χ0v) is 9.86. The van der Waals surface area contributed by atoms with Gasteiger partial charge in [0.2, 0.25) is 0 Å². The molecule has 0 radical (unpaired) electrons. The first-order valence-electron chi connectivity index (χ1n) is 5.03. The van der Waals surface area contributed by atoms with E-state index in [1.165, 1.54) is 30.5 Å². The molecule has 0 aliphatic carbocycles. The van der Waals surface area contributed by atoms with Gasteiger partial charge in [0.25, 0.3) is 5.91 Å². The Labute approximate surface area is 107 Å². The Morgan fingerprint density at radius 1 is 1.39 bits per heavy atom. The number of anilines is 1. The second kappa shape index (κ2) is 4.93. The predicted molar refractivity (Wildman–Crippen MR) is 67.3 cm³/mol. The lowest BCUT2D eigenvalue weighted by Crippen LogP contribution is -2.12. The number of aromatic hydroxyl groups is 1. The van der Waals surface area contributed by atoms with Crippen molar-refractivity contribution < 1.29 is 14.7 Å². The summed E-state index contributed by atoms with van der Waals surface area (Å²) >= 11 is 5.76. The zero-order valence-electron chi connectivity index (χ0n) is 9.11. The molecular formula is C12H9ClN2O3. The van der Waals surface area contributed by atoms with Crippen molar-refractivity contribution in [1.29, 1.82) is 0 Å². The molecule has 18 heavy (non-hydrogen) atoms. The van der Waals surface area contributed by atoms with E-state index < -0.39 is 5.91 Å². The van der Waals surface area contributed by atoms with Crippen LogP contribution in [-0.4, -0.2) is 22.3 Å². The fourth-order valence-corrected chi connectivity index (χ4v) is 1.58. The molecule has 0 bridgehead atoms. The number of halogens is 1. The average molecular weight is 265 g/mol. The highest BCUT2D eigenvalue weighted by atomic mass is 35.5. The Bertz CT molecular complexity index is 607. The second-order valence-electron chi connectivity index (χ2n) is 3.58. The Kier molecular flexibility index (Phi) is 3.34. The summed E-state index contributed by atoms with van der Waals surface area (Å²) in [5.41, 5.74) is 0.793. The van der Waals surface area contributed by atoms with Crippen LogP contribution in [0.2, 0.25) is 5.02 Å². The number of H-pyrrole nitrogens is 1. The molecule has 2 rings (SSSR count). The number of aromatic amines is 1. The van der Waals surface area contributed by atoms with E-state index in [4.69, 9.17) is 11.6 Å². The van der Waals surface area contributed by atoms with E-state index in [2.05, 4.69) is 10.3 Å². The largest absolute Gasteiger partial charge is 0.506 e. The summed E-state index contributed by atoms with van der Waals surface area (Å²) in [7, 11) is 0. The number of phenols is 1. The van der Waals surface area contributed by atoms with Gasteiger partial charge in [0, 0.05) is 16.8 Å². The third kappa shape index (κ3) is 2.52. The summed E-state index contributed by atoms with van der Waals surface area (Å²) in [6.45, 7) is 0. The smallest absolute Gasteiger partial charge is 0.272 e. The third-order valence-electron chi connectivity index (χ3n) is 2.29. The minimum atomic E-state index is -0.472. The van der Waals surface area contributed by atoms with Gasteiger partial charge in [-0.2, -0.15) is 0 Å². The topological polar surface area (TPSA) is 82.2 Å². The van der Waals surface area contributed by atoms with Gasteiger partial charge in [-0.05, 0) is 24.3 Å². The molecule has 1 heterocycles.